The van der Waals surface area contributed by atoms with Crippen molar-refractivity contribution in [3.63, 3.8) is 0 Å². The Bertz CT molecular complexity index is 982. The summed E-state index contributed by atoms with van der Waals surface area (Å²) in [6.45, 7) is 9.64. The van der Waals surface area contributed by atoms with Gasteiger partial charge in [0.2, 0.25) is 0 Å². The minimum atomic E-state index is 0.0420. The first-order valence-corrected chi connectivity index (χ1v) is 12.7. The summed E-state index contributed by atoms with van der Waals surface area (Å²) in [5.41, 5.74) is 1.94. The number of amides is 1. The minimum Gasteiger partial charge on any atom is -0.493 e. The molecule has 0 radical (unpaired) electrons. The van der Waals surface area contributed by atoms with E-state index in [-0.39, 0.29) is 29.0 Å². The summed E-state index contributed by atoms with van der Waals surface area (Å²) in [5, 5.41) is 0. The number of rotatable bonds is 6. The van der Waals surface area contributed by atoms with Gasteiger partial charge in [0.25, 0.3) is 5.91 Å². The van der Waals surface area contributed by atoms with E-state index < -0.39 is 0 Å². The van der Waals surface area contributed by atoms with Gasteiger partial charge in [-0.05, 0) is 76.8 Å². The Balaban J connectivity index is 1.47. The Morgan fingerprint density at radius 1 is 1.03 bits per heavy atom. The Kier molecular flexibility index (Phi) is 7.25. The SMILES string of the molecule is COc1cc(C(=O)N2CCC3(CC2)CC(OC(C)C)c2ccccc2S3)ccc1OC(C)C. The second-order valence-electron chi connectivity index (χ2n) is 9.52. The molecule has 1 amide bonds. The van der Waals surface area contributed by atoms with Crippen molar-refractivity contribution in [2.24, 2.45) is 0 Å². The quantitative estimate of drug-likeness (QED) is 0.510. The third kappa shape index (κ3) is 5.33. The number of benzene rings is 2. The largest absolute Gasteiger partial charge is 0.493 e. The lowest BCUT2D eigenvalue weighted by atomic mass is 9.86. The zero-order valence-electron chi connectivity index (χ0n) is 20.3. The van der Waals surface area contributed by atoms with Gasteiger partial charge in [-0.2, -0.15) is 0 Å². The highest BCUT2D eigenvalue weighted by Gasteiger charge is 2.43. The van der Waals surface area contributed by atoms with Gasteiger partial charge in [0, 0.05) is 28.3 Å². The van der Waals surface area contributed by atoms with Crippen molar-refractivity contribution >= 4 is 17.7 Å². The smallest absolute Gasteiger partial charge is 0.253 e. The molecule has 178 valence electrons. The van der Waals surface area contributed by atoms with Gasteiger partial charge < -0.3 is 19.1 Å². The van der Waals surface area contributed by atoms with Crippen LogP contribution in [0.4, 0.5) is 0 Å². The lowest BCUT2D eigenvalue weighted by molar-refractivity contribution is -0.0115. The lowest BCUT2D eigenvalue weighted by Crippen LogP contribution is -2.47. The Morgan fingerprint density at radius 2 is 1.76 bits per heavy atom. The van der Waals surface area contributed by atoms with Crippen LogP contribution in [0.2, 0.25) is 0 Å². The van der Waals surface area contributed by atoms with Crippen molar-refractivity contribution in [3.8, 4) is 11.5 Å². The predicted octanol–water partition coefficient (Wildman–Crippen LogP) is 6.12. The number of carbonyl (C=O) groups excluding carboxylic acids is 1. The molecule has 1 unspecified atom stereocenters. The summed E-state index contributed by atoms with van der Waals surface area (Å²) in [4.78, 5) is 16.6. The first-order chi connectivity index (χ1) is 15.8. The number of piperidine rings is 1. The van der Waals surface area contributed by atoms with E-state index in [1.165, 1.54) is 10.5 Å². The molecule has 1 fully saturated rings. The molecule has 0 N–H and O–H groups in total. The van der Waals surface area contributed by atoms with Crippen LogP contribution in [0.5, 0.6) is 11.5 Å². The number of nitrogens with zero attached hydrogens (tertiary/aromatic N) is 1. The van der Waals surface area contributed by atoms with E-state index in [0.717, 1.165) is 32.4 Å². The molecule has 0 aromatic heterocycles. The normalized spacial score (nSPS) is 19.6. The summed E-state index contributed by atoms with van der Waals surface area (Å²) in [6.07, 6.45) is 3.25. The van der Waals surface area contributed by atoms with Gasteiger partial charge in [0.1, 0.15) is 0 Å². The number of hydrogen-bond acceptors (Lipinski definition) is 5. The van der Waals surface area contributed by atoms with Crippen molar-refractivity contribution < 1.29 is 19.0 Å². The molecule has 1 saturated heterocycles. The number of carbonyl (C=O) groups is 1. The van der Waals surface area contributed by atoms with Crippen LogP contribution in [-0.2, 0) is 4.74 Å². The van der Waals surface area contributed by atoms with Crippen LogP contribution in [0.25, 0.3) is 0 Å². The zero-order chi connectivity index (χ0) is 23.6. The molecule has 0 aliphatic carbocycles. The fourth-order valence-electron chi connectivity index (χ4n) is 4.77. The highest BCUT2D eigenvalue weighted by Crippen LogP contribution is 2.53. The Hall–Kier alpha value is -2.18. The second-order valence-corrected chi connectivity index (χ2v) is 11.0. The first kappa shape index (κ1) is 24.0. The van der Waals surface area contributed by atoms with E-state index in [0.29, 0.717) is 17.1 Å². The molecule has 1 atom stereocenters. The van der Waals surface area contributed by atoms with Gasteiger partial charge in [0.15, 0.2) is 11.5 Å². The van der Waals surface area contributed by atoms with Crippen LogP contribution in [0.15, 0.2) is 47.4 Å². The van der Waals surface area contributed by atoms with Crippen molar-refractivity contribution in [1.82, 2.24) is 4.90 Å². The van der Waals surface area contributed by atoms with Crippen LogP contribution in [0.1, 0.15) is 69.0 Å². The summed E-state index contributed by atoms with van der Waals surface area (Å²) in [5.74, 6) is 1.31. The molecule has 5 nitrogen and oxygen atoms in total. The highest BCUT2D eigenvalue weighted by atomic mass is 32.2. The fourth-order valence-corrected chi connectivity index (χ4v) is 6.32. The van der Waals surface area contributed by atoms with Crippen LogP contribution >= 0.6 is 11.8 Å². The molecule has 1 spiro atoms. The van der Waals surface area contributed by atoms with Crippen molar-refractivity contribution in [2.45, 2.75) is 74.9 Å². The number of hydrogen-bond donors (Lipinski definition) is 0. The van der Waals surface area contributed by atoms with Crippen molar-refractivity contribution in [3.05, 3.63) is 53.6 Å². The fraction of sp³-hybridized carbons (Fsp3) is 0.519. The number of likely N-dealkylation sites (tertiary alicyclic amines) is 1. The van der Waals surface area contributed by atoms with Gasteiger partial charge in [-0.15, -0.1) is 11.8 Å². The van der Waals surface area contributed by atoms with E-state index >= 15 is 0 Å². The average molecular weight is 470 g/mol. The van der Waals surface area contributed by atoms with Gasteiger partial charge in [0.05, 0.1) is 25.4 Å². The highest BCUT2D eigenvalue weighted by molar-refractivity contribution is 8.00. The van der Waals surface area contributed by atoms with E-state index in [1.54, 1.807) is 13.2 Å². The van der Waals surface area contributed by atoms with E-state index in [4.69, 9.17) is 14.2 Å². The third-order valence-corrected chi connectivity index (χ3v) is 7.92. The summed E-state index contributed by atoms with van der Waals surface area (Å²) >= 11 is 1.98. The first-order valence-electron chi connectivity index (χ1n) is 11.9. The number of ether oxygens (including phenoxy) is 3. The predicted molar refractivity (Wildman–Crippen MR) is 133 cm³/mol. The lowest BCUT2D eigenvalue weighted by Gasteiger charge is -2.46. The topological polar surface area (TPSA) is 48.0 Å². The maximum Gasteiger partial charge on any atom is 0.253 e. The molecule has 2 heterocycles. The molecule has 4 rings (SSSR count). The molecule has 6 heteroatoms. The molecular weight excluding hydrogens is 434 g/mol. The Labute approximate surface area is 201 Å². The van der Waals surface area contributed by atoms with E-state index in [2.05, 4.69) is 38.1 Å². The molecule has 33 heavy (non-hydrogen) atoms. The second kappa shape index (κ2) is 9.98. The van der Waals surface area contributed by atoms with E-state index in [1.807, 2.05) is 42.6 Å². The van der Waals surface area contributed by atoms with Crippen LogP contribution in [0.3, 0.4) is 0 Å². The van der Waals surface area contributed by atoms with Crippen LogP contribution in [0, 0.1) is 0 Å². The van der Waals surface area contributed by atoms with Gasteiger partial charge >= 0.3 is 0 Å². The van der Waals surface area contributed by atoms with E-state index in [9.17, 15) is 4.79 Å². The van der Waals surface area contributed by atoms with Crippen LogP contribution in [-0.4, -0.2) is 48.0 Å². The molecule has 2 aromatic rings. The maximum absolute atomic E-state index is 13.3. The molecule has 0 bridgehead atoms. The van der Waals surface area contributed by atoms with Crippen molar-refractivity contribution in [2.75, 3.05) is 20.2 Å². The molecule has 0 saturated carbocycles. The number of methoxy groups -OCH3 is 1. The minimum absolute atomic E-state index is 0.0420. The third-order valence-electron chi connectivity index (χ3n) is 6.32. The molecular formula is C27H35NO4S. The molecule has 2 aliphatic rings. The van der Waals surface area contributed by atoms with Crippen molar-refractivity contribution in [1.29, 1.82) is 0 Å². The number of thioether (sulfide) groups is 1. The zero-order valence-corrected chi connectivity index (χ0v) is 21.1. The monoisotopic (exact) mass is 469 g/mol. The van der Waals surface area contributed by atoms with Gasteiger partial charge in [-0.25, -0.2) is 0 Å². The summed E-state index contributed by atoms with van der Waals surface area (Å²) in [6, 6.07) is 14.1. The van der Waals surface area contributed by atoms with Gasteiger partial charge in [-0.1, -0.05) is 18.2 Å². The standard InChI is InChI=1S/C27H35NO4S/c1-18(2)31-22-11-10-20(16-23(22)30-5)26(29)28-14-12-27(13-15-28)17-24(32-19(3)4)21-8-6-7-9-25(21)33-27/h6-11,16,18-19,24H,12-15,17H2,1-5H3. The molecule has 2 aromatic carbocycles. The summed E-state index contributed by atoms with van der Waals surface area (Å²) in [7, 11) is 1.61. The number of fused-ring (bicyclic) bond motifs is 1. The molecule has 2 aliphatic heterocycles. The van der Waals surface area contributed by atoms with Gasteiger partial charge in [-0.3, -0.25) is 4.79 Å². The van der Waals surface area contributed by atoms with Crippen LogP contribution < -0.4 is 9.47 Å². The summed E-state index contributed by atoms with van der Waals surface area (Å²) < 4.78 is 17.7. The maximum atomic E-state index is 13.3. The average Bonchev–Trinajstić information content (AvgIpc) is 2.78. The Morgan fingerprint density at radius 3 is 2.42 bits per heavy atom.